The molecule has 1 amide bonds. The first-order valence-corrected chi connectivity index (χ1v) is 10.1. The molecule has 5 rings (SSSR count). The third-order valence-electron chi connectivity index (χ3n) is 5.43. The minimum absolute atomic E-state index is 0.123. The zero-order valence-electron chi connectivity index (χ0n) is 16.6. The van der Waals surface area contributed by atoms with Gasteiger partial charge >= 0.3 is 0 Å². The molecule has 4 heterocycles. The van der Waals surface area contributed by atoms with Gasteiger partial charge in [-0.05, 0) is 37.6 Å². The van der Waals surface area contributed by atoms with E-state index in [-0.39, 0.29) is 5.91 Å². The Hall–Kier alpha value is -3.38. The lowest BCUT2D eigenvalue weighted by molar-refractivity contribution is 0.0895. The fourth-order valence-corrected chi connectivity index (χ4v) is 4.05. The summed E-state index contributed by atoms with van der Waals surface area (Å²) in [6.45, 7) is 4.60. The van der Waals surface area contributed by atoms with Crippen molar-refractivity contribution in [1.82, 2.24) is 20.3 Å². The predicted octanol–water partition coefficient (Wildman–Crippen LogP) is 4.76. The Morgan fingerprint density at radius 3 is 2.70 bits per heavy atom. The molecule has 3 aromatic heterocycles. The molecule has 0 spiro atoms. The molecule has 0 unspecified atom stereocenters. The molecular weight excluding hydrogens is 398 g/mol. The fourth-order valence-electron chi connectivity index (χ4n) is 3.89. The molecule has 150 valence electrons. The minimum Gasteiger partial charge on any atom is -0.345 e. The number of carbonyl (C=O) groups excluding carboxylic acids is 1. The maximum absolute atomic E-state index is 12.7. The average Bonchev–Trinajstić information content (AvgIpc) is 3.14. The van der Waals surface area contributed by atoms with Crippen LogP contribution in [0.25, 0.3) is 22.3 Å². The SMILES string of the molecule is CC1(C)NC(=O)c2ccc(-c3c[nH]c4ncc(Cl)cc34)nc2N1Cc1ccccc1. The van der Waals surface area contributed by atoms with Crippen molar-refractivity contribution in [2.75, 3.05) is 4.90 Å². The monoisotopic (exact) mass is 417 g/mol. The van der Waals surface area contributed by atoms with Crippen molar-refractivity contribution in [2.45, 2.75) is 26.1 Å². The number of aromatic amines is 1. The highest BCUT2D eigenvalue weighted by molar-refractivity contribution is 6.31. The van der Waals surface area contributed by atoms with E-state index in [4.69, 9.17) is 16.6 Å². The van der Waals surface area contributed by atoms with Crippen molar-refractivity contribution < 1.29 is 4.79 Å². The lowest BCUT2D eigenvalue weighted by atomic mass is 10.0. The van der Waals surface area contributed by atoms with Crippen LogP contribution in [0.2, 0.25) is 5.02 Å². The molecule has 1 aromatic carbocycles. The van der Waals surface area contributed by atoms with E-state index in [0.717, 1.165) is 27.9 Å². The summed E-state index contributed by atoms with van der Waals surface area (Å²) in [4.78, 5) is 27.3. The first-order valence-electron chi connectivity index (χ1n) is 9.70. The van der Waals surface area contributed by atoms with Gasteiger partial charge in [-0.3, -0.25) is 4.79 Å². The highest BCUT2D eigenvalue weighted by Gasteiger charge is 2.38. The van der Waals surface area contributed by atoms with E-state index >= 15 is 0 Å². The fraction of sp³-hybridized carbons (Fsp3) is 0.174. The van der Waals surface area contributed by atoms with Gasteiger partial charge in [0.1, 0.15) is 17.1 Å². The van der Waals surface area contributed by atoms with Crippen molar-refractivity contribution in [3.8, 4) is 11.3 Å². The number of pyridine rings is 2. The maximum atomic E-state index is 12.7. The topological polar surface area (TPSA) is 73.9 Å². The van der Waals surface area contributed by atoms with Gasteiger partial charge in [0.25, 0.3) is 5.91 Å². The second kappa shape index (κ2) is 6.85. The minimum atomic E-state index is -0.587. The van der Waals surface area contributed by atoms with Crippen LogP contribution in [-0.2, 0) is 6.54 Å². The van der Waals surface area contributed by atoms with Gasteiger partial charge in [0.2, 0.25) is 0 Å². The van der Waals surface area contributed by atoms with Gasteiger partial charge in [0.05, 0.1) is 16.3 Å². The van der Waals surface area contributed by atoms with Crippen LogP contribution in [0.1, 0.15) is 29.8 Å². The molecule has 0 aliphatic carbocycles. The molecule has 0 saturated heterocycles. The summed E-state index contributed by atoms with van der Waals surface area (Å²) < 4.78 is 0. The zero-order chi connectivity index (χ0) is 20.9. The number of nitrogens with zero attached hydrogens (tertiary/aromatic N) is 3. The number of benzene rings is 1. The number of nitrogens with one attached hydrogen (secondary N) is 2. The quantitative estimate of drug-likeness (QED) is 0.503. The number of rotatable bonds is 3. The predicted molar refractivity (Wildman–Crippen MR) is 119 cm³/mol. The number of carbonyl (C=O) groups is 1. The Morgan fingerprint density at radius 2 is 1.90 bits per heavy atom. The van der Waals surface area contributed by atoms with Gasteiger partial charge in [0, 0.05) is 29.9 Å². The molecule has 7 heteroatoms. The second-order valence-corrected chi connectivity index (χ2v) is 8.34. The largest absolute Gasteiger partial charge is 0.345 e. The first-order chi connectivity index (χ1) is 14.4. The van der Waals surface area contributed by atoms with E-state index in [1.807, 2.05) is 56.4 Å². The summed E-state index contributed by atoms with van der Waals surface area (Å²) in [6.07, 6.45) is 3.48. The number of aromatic nitrogens is 3. The van der Waals surface area contributed by atoms with Crippen molar-refractivity contribution >= 4 is 34.4 Å². The molecule has 0 atom stereocenters. The molecule has 6 nitrogen and oxygen atoms in total. The first kappa shape index (κ1) is 18.6. The van der Waals surface area contributed by atoms with Crippen LogP contribution < -0.4 is 10.2 Å². The number of H-pyrrole nitrogens is 1. The molecule has 2 N–H and O–H groups in total. The number of fused-ring (bicyclic) bond motifs is 2. The van der Waals surface area contributed by atoms with Gasteiger partial charge in [-0.2, -0.15) is 0 Å². The lowest BCUT2D eigenvalue weighted by Gasteiger charge is -2.44. The molecule has 0 bridgehead atoms. The van der Waals surface area contributed by atoms with Crippen LogP contribution in [0.4, 0.5) is 5.82 Å². The van der Waals surface area contributed by atoms with Crippen LogP contribution in [0, 0.1) is 0 Å². The summed E-state index contributed by atoms with van der Waals surface area (Å²) in [7, 11) is 0. The van der Waals surface area contributed by atoms with E-state index in [2.05, 4.69) is 32.3 Å². The number of amides is 1. The Bertz CT molecular complexity index is 1270. The van der Waals surface area contributed by atoms with Crippen molar-refractivity contribution in [3.05, 3.63) is 77.1 Å². The highest BCUT2D eigenvalue weighted by Crippen LogP contribution is 2.35. The summed E-state index contributed by atoms with van der Waals surface area (Å²) in [5, 5.41) is 4.54. The van der Waals surface area contributed by atoms with Crippen LogP contribution >= 0.6 is 11.6 Å². The third-order valence-corrected chi connectivity index (χ3v) is 5.63. The van der Waals surface area contributed by atoms with Crippen LogP contribution in [0.15, 0.2) is 60.9 Å². The molecule has 4 aromatic rings. The van der Waals surface area contributed by atoms with Gasteiger partial charge < -0.3 is 15.2 Å². The molecule has 0 fully saturated rings. The normalized spacial score (nSPS) is 15.2. The van der Waals surface area contributed by atoms with Gasteiger partial charge in [0.15, 0.2) is 0 Å². The molecule has 0 radical (unpaired) electrons. The van der Waals surface area contributed by atoms with E-state index in [1.165, 1.54) is 0 Å². The van der Waals surface area contributed by atoms with Crippen molar-refractivity contribution in [3.63, 3.8) is 0 Å². The average molecular weight is 418 g/mol. The Balaban J connectivity index is 1.65. The van der Waals surface area contributed by atoms with Crippen molar-refractivity contribution in [1.29, 1.82) is 0 Å². The van der Waals surface area contributed by atoms with E-state index < -0.39 is 5.66 Å². The highest BCUT2D eigenvalue weighted by atomic mass is 35.5. The Labute approximate surface area is 178 Å². The summed E-state index contributed by atoms with van der Waals surface area (Å²) in [5.74, 6) is 0.538. The number of halogens is 1. The second-order valence-electron chi connectivity index (χ2n) is 7.90. The summed E-state index contributed by atoms with van der Waals surface area (Å²) in [6, 6.07) is 15.7. The standard InChI is InChI=1S/C23H20ClN5O/c1-23(2)28-22(30)16-8-9-19(18-12-26-20-17(18)10-15(24)11-25-20)27-21(16)29(23)13-14-6-4-3-5-7-14/h3-12H,13H2,1-2H3,(H,25,26)(H,28,30). The summed E-state index contributed by atoms with van der Waals surface area (Å²) in [5.41, 5.74) is 3.51. The number of anilines is 1. The number of hydrogen-bond donors (Lipinski definition) is 2. The Kier molecular flexibility index (Phi) is 4.25. The molecule has 1 aliphatic rings. The Morgan fingerprint density at radius 1 is 1.10 bits per heavy atom. The molecule has 0 saturated carbocycles. The molecule has 30 heavy (non-hydrogen) atoms. The van der Waals surface area contributed by atoms with Crippen LogP contribution in [-0.4, -0.2) is 26.5 Å². The van der Waals surface area contributed by atoms with E-state index in [1.54, 1.807) is 6.20 Å². The smallest absolute Gasteiger partial charge is 0.256 e. The third kappa shape index (κ3) is 3.09. The summed E-state index contributed by atoms with van der Waals surface area (Å²) >= 11 is 6.16. The van der Waals surface area contributed by atoms with Gasteiger partial charge in [-0.25, -0.2) is 9.97 Å². The molecular formula is C23H20ClN5O. The van der Waals surface area contributed by atoms with Crippen LogP contribution in [0.5, 0.6) is 0 Å². The van der Waals surface area contributed by atoms with E-state index in [0.29, 0.717) is 22.9 Å². The maximum Gasteiger partial charge on any atom is 0.256 e. The molecule has 1 aliphatic heterocycles. The lowest BCUT2D eigenvalue weighted by Crippen LogP contribution is -2.60. The van der Waals surface area contributed by atoms with E-state index in [9.17, 15) is 4.79 Å². The van der Waals surface area contributed by atoms with Gasteiger partial charge in [-0.1, -0.05) is 41.9 Å². The van der Waals surface area contributed by atoms with Gasteiger partial charge in [-0.15, -0.1) is 0 Å². The van der Waals surface area contributed by atoms with Crippen molar-refractivity contribution in [2.24, 2.45) is 0 Å². The number of hydrogen-bond acceptors (Lipinski definition) is 4. The zero-order valence-corrected chi connectivity index (χ0v) is 17.4. The van der Waals surface area contributed by atoms with Crippen LogP contribution in [0.3, 0.4) is 0 Å².